The second kappa shape index (κ2) is 6.69. The van der Waals surface area contributed by atoms with Crippen LogP contribution in [0.3, 0.4) is 0 Å². The maximum Gasteiger partial charge on any atom is 0.343 e. The van der Waals surface area contributed by atoms with E-state index in [0.29, 0.717) is 10.1 Å². The number of pyridine rings is 1. The van der Waals surface area contributed by atoms with E-state index in [-0.39, 0.29) is 17.6 Å². The van der Waals surface area contributed by atoms with Crippen molar-refractivity contribution in [2.75, 3.05) is 6.61 Å². The molecular weight excluding hydrogens is 369 g/mol. The zero-order chi connectivity index (χ0) is 14.5. The van der Waals surface area contributed by atoms with Crippen LogP contribution in [-0.4, -0.2) is 17.1 Å². The number of halogens is 1. The van der Waals surface area contributed by atoms with Gasteiger partial charge in [0.1, 0.15) is 5.56 Å². The van der Waals surface area contributed by atoms with Crippen LogP contribution < -0.4 is 5.43 Å². The van der Waals surface area contributed by atoms with Gasteiger partial charge in [0.15, 0.2) is 0 Å². The summed E-state index contributed by atoms with van der Waals surface area (Å²) in [5, 5.41) is 0. The van der Waals surface area contributed by atoms with Crippen LogP contribution in [0.5, 0.6) is 0 Å². The van der Waals surface area contributed by atoms with Crippen molar-refractivity contribution in [1.82, 2.24) is 4.57 Å². The number of ether oxygens (including phenoxy) is 1. The van der Waals surface area contributed by atoms with Crippen LogP contribution >= 0.6 is 22.6 Å². The van der Waals surface area contributed by atoms with E-state index >= 15 is 0 Å². The summed E-state index contributed by atoms with van der Waals surface area (Å²) in [6.07, 6.45) is 3.29. The Hall–Kier alpha value is -1.63. The van der Waals surface area contributed by atoms with E-state index in [9.17, 15) is 9.59 Å². The SMILES string of the molecule is CCOC(=O)c1cn(Cc2ccccc2)cc(I)c1=O. The van der Waals surface area contributed by atoms with E-state index in [1.165, 1.54) is 0 Å². The smallest absolute Gasteiger partial charge is 0.343 e. The highest BCUT2D eigenvalue weighted by atomic mass is 127. The molecule has 1 heterocycles. The first kappa shape index (κ1) is 14.8. The summed E-state index contributed by atoms with van der Waals surface area (Å²) < 4.78 is 7.24. The van der Waals surface area contributed by atoms with Gasteiger partial charge in [-0.25, -0.2) is 4.79 Å². The average molecular weight is 383 g/mol. The van der Waals surface area contributed by atoms with Crippen molar-refractivity contribution in [1.29, 1.82) is 0 Å². The van der Waals surface area contributed by atoms with Crippen LogP contribution in [0, 0.1) is 3.57 Å². The molecule has 0 amide bonds. The van der Waals surface area contributed by atoms with Gasteiger partial charge in [0.2, 0.25) is 5.43 Å². The molecule has 0 aliphatic heterocycles. The van der Waals surface area contributed by atoms with Gasteiger partial charge >= 0.3 is 5.97 Å². The molecule has 0 bridgehead atoms. The normalized spacial score (nSPS) is 10.3. The third-order valence-electron chi connectivity index (χ3n) is 2.74. The standard InChI is InChI=1S/C15H14INO3/c1-2-20-15(19)12-9-17(10-13(16)14(12)18)8-11-6-4-3-5-7-11/h3-7,9-10H,2,8H2,1H3. The van der Waals surface area contributed by atoms with Gasteiger partial charge in [-0.2, -0.15) is 0 Å². The Morgan fingerprint density at radius 3 is 2.60 bits per heavy atom. The fraction of sp³-hybridized carbons (Fsp3) is 0.200. The highest BCUT2D eigenvalue weighted by Gasteiger charge is 2.14. The molecule has 5 heteroatoms. The lowest BCUT2D eigenvalue weighted by molar-refractivity contribution is 0.0523. The largest absolute Gasteiger partial charge is 0.462 e. The molecule has 0 aliphatic rings. The predicted octanol–water partition coefficient (Wildman–Crippen LogP) is 2.68. The lowest BCUT2D eigenvalue weighted by atomic mass is 10.2. The van der Waals surface area contributed by atoms with Gasteiger partial charge in [-0.05, 0) is 35.1 Å². The molecular formula is C15H14INO3. The lowest BCUT2D eigenvalue weighted by Gasteiger charge is -2.09. The molecule has 0 fully saturated rings. The highest BCUT2D eigenvalue weighted by Crippen LogP contribution is 2.07. The Labute approximate surface area is 130 Å². The van der Waals surface area contributed by atoms with E-state index in [1.807, 2.05) is 57.5 Å². The maximum absolute atomic E-state index is 12.0. The zero-order valence-corrected chi connectivity index (χ0v) is 13.2. The van der Waals surface area contributed by atoms with Crippen molar-refractivity contribution in [3.63, 3.8) is 0 Å². The maximum atomic E-state index is 12.0. The molecule has 2 rings (SSSR count). The van der Waals surface area contributed by atoms with Gasteiger partial charge in [0.25, 0.3) is 0 Å². The number of rotatable bonds is 4. The molecule has 0 N–H and O–H groups in total. The van der Waals surface area contributed by atoms with Crippen molar-refractivity contribution in [2.24, 2.45) is 0 Å². The molecule has 0 radical (unpaired) electrons. The summed E-state index contributed by atoms with van der Waals surface area (Å²) >= 11 is 1.94. The Balaban J connectivity index is 2.36. The second-order valence-corrected chi connectivity index (χ2v) is 5.39. The zero-order valence-electron chi connectivity index (χ0n) is 11.0. The van der Waals surface area contributed by atoms with Crippen molar-refractivity contribution >= 4 is 28.6 Å². The molecule has 0 saturated heterocycles. The molecule has 4 nitrogen and oxygen atoms in total. The molecule has 0 atom stereocenters. The molecule has 104 valence electrons. The minimum absolute atomic E-state index is 0.0784. The first-order chi connectivity index (χ1) is 9.61. The molecule has 0 unspecified atom stereocenters. The monoisotopic (exact) mass is 383 g/mol. The summed E-state index contributed by atoms with van der Waals surface area (Å²) in [6, 6.07) is 9.84. The molecule has 0 spiro atoms. The van der Waals surface area contributed by atoms with Crippen molar-refractivity contribution in [3.8, 4) is 0 Å². The fourth-order valence-corrected chi connectivity index (χ4v) is 2.48. The summed E-state index contributed by atoms with van der Waals surface area (Å²) in [4.78, 5) is 23.8. The van der Waals surface area contributed by atoms with Gasteiger partial charge in [-0.3, -0.25) is 4.79 Å². The second-order valence-electron chi connectivity index (χ2n) is 4.23. The van der Waals surface area contributed by atoms with E-state index < -0.39 is 5.97 Å². The van der Waals surface area contributed by atoms with Gasteiger partial charge < -0.3 is 9.30 Å². The number of hydrogen-bond donors (Lipinski definition) is 0. The van der Waals surface area contributed by atoms with E-state index in [2.05, 4.69) is 0 Å². The van der Waals surface area contributed by atoms with Crippen molar-refractivity contribution in [3.05, 3.63) is 67.6 Å². The van der Waals surface area contributed by atoms with Crippen LogP contribution in [0.4, 0.5) is 0 Å². The number of carbonyl (C=O) groups is 1. The third-order valence-corrected chi connectivity index (χ3v) is 3.51. The number of esters is 1. The van der Waals surface area contributed by atoms with Gasteiger partial charge in [0, 0.05) is 18.9 Å². The van der Waals surface area contributed by atoms with E-state index in [0.717, 1.165) is 5.56 Å². The average Bonchev–Trinajstić information content (AvgIpc) is 2.44. The van der Waals surface area contributed by atoms with Gasteiger partial charge in [0.05, 0.1) is 10.2 Å². The number of carbonyl (C=O) groups excluding carboxylic acids is 1. The summed E-state index contributed by atoms with van der Waals surface area (Å²) in [7, 11) is 0. The quantitative estimate of drug-likeness (QED) is 0.603. The molecule has 0 aliphatic carbocycles. The Kier molecular flexibility index (Phi) is 4.94. The minimum atomic E-state index is -0.571. The number of aromatic nitrogens is 1. The Morgan fingerprint density at radius 2 is 1.95 bits per heavy atom. The van der Waals surface area contributed by atoms with Crippen molar-refractivity contribution < 1.29 is 9.53 Å². The van der Waals surface area contributed by atoms with E-state index in [4.69, 9.17) is 4.74 Å². The minimum Gasteiger partial charge on any atom is -0.462 e. The summed E-state index contributed by atoms with van der Waals surface area (Å²) in [5.74, 6) is -0.571. The summed E-state index contributed by atoms with van der Waals surface area (Å²) in [6.45, 7) is 2.57. The van der Waals surface area contributed by atoms with Crippen LogP contribution in [0.1, 0.15) is 22.8 Å². The number of benzene rings is 1. The molecule has 20 heavy (non-hydrogen) atoms. The van der Waals surface area contributed by atoms with Gasteiger partial charge in [-0.1, -0.05) is 30.3 Å². The Bertz CT molecular complexity index is 665. The topological polar surface area (TPSA) is 48.3 Å². The van der Waals surface area contributed by atoms with Gasteiger partial charge in [-0.15, -0.1) is 0 Å². The van der Waals surface area contributed by atoms with Crippen molar-refractivity contribution in [2.45, 2.75) is 13.5 Å². The van der Waals surface area contributed by atoms with Crippen LogP contribution in [0.15, 0.2) is 47.5 Å². The summed E-state index contributed by atoms with van der Waals surface area (Å²) in [5.41, 5.74) is 0.893. The predicted molar refractivity (Wildman–Crippen MR) is 84.9 cm³/mol. The van der Waals surface area contributed by atoms with Crippen LogP contribution in [0.2, 0.25) is 0 Å². The highest BCUT2D eigenvalue weighted by molar-refractivity contribution is 14.1. The Morgan fingerprint density at radius 1 is 1.25 bits per heavy atom. The molecule has 1 aromatic carbocycles. The first-order valence-electron chi connectivity index (χ1n) is 6.22. The number of nitrogens with zero attached hydrogens (tertiary/aromatic N) is 1. The van der Waals surface area contributed by atoms with Crippen LogP contribution in [0.25, 0.3) is 0 Å². The van der Waals surface area contributed by atoms with E-state index in [1.54, 1.807) is 19.3 Å². The molecule has 1 aromatic heterocycles. The van der Waals surface area contributed by atoms with Crippen LogP contribution in [-0.2, 0) is 11.3 Å². The molecule has 0 saturated carbocycles. The molecule has 2 aromatic rings. The number of hydrogen-bond acceptors (Lipinski definition) is 3. The third kappa shape index (κ3) is 3.47. The lowest BCUT2D eigenvalue weighted by Crippen LogP contribution is -2.22. The first-order valence-corrected chi connectivity index (χ1v) is 7.30. The fourth-order valence-electron chi connectivity index (χ4n) is 1.83.